The van der Waals surface area contributed by atoms with Crippen LogP contribution in [-0.2, 0) is 18.9 Å². The molecule has 0 bridgehead atoms. The van der Waals surface area contributed by atoms with Gasteiger partial charge in [-0.15, -0.1) is 5.10 Å². The molecule has 0 saturated carbocycles. The number of rotatable bonds is 4. The maximum Gasteiger partial charge on any atom is 0.292 e. The second-order valence-corrected chi connectivity index (χ2v) is 4.00. The highest BCUT2D eigenvalue weighted by Gasteiger charge is 2.33. The van der Waals surface area contributed by atoms with Gasteiger partial charge in [0.15, 0.2) is 5.82 Å². The van der Waals surface area contributed by atoms with E-state index in [1.165, 1.54) is 16.8 Å². The van der Waals surface area contributed by atoms with E-state index in [9.17, 15) is 8.78 Å². The molecular weight excluding hydrogens is 238 g/mol. The van der Waals surface area contributed by atoms with Crippen LogP contribution in [0.15, 0.2) is 30.3 Å². The summed E-state index contributed by atoms with van der Waals surface area (Å²) in [4.78, 5) is 0. The van der Waals surface area contributed by atoms with Crippen LogP contribution in [0.25, 0.3) is 0 Å². The molecule has 2 aromatic rings. The minimum atomic E-state index is -2.99. The SMILES string of the molecule is CCc1c(N)nnn1CC(F)(F)c1ccccc1. The highest BCUT2D eigenvalue weighted by molar-refractivity contribution is 5.33. The first-order chi connectivity index (χ1) is 8.54. The third-order valence-electron chi connectivity index (χ3n) is 2.75. The van der Waals surface area contributed by atoms with Crippen molar-refractivity contribution in [2.24, 2.45) is 0 Å². The lowest BCUT2D eigenvalue weighted by atomic mass is 10.1. The van der Waals surface area contributed by atoms with Gasteiger partial charge in [-0.25, -0.2) is 4.68 Å². The molecule has 18 heavy (non-hydrogen) atoms. The highest BCUT2D eigenvalue weighted by atomic mass is 19.3. The van der Waals surface area contributed by atoms with Gasteiger partial charge < -0.3 is 5.73 Å². The van der Waals surface area contributed by atoms with Gasteiger partial charge in [0.25, 0.3) is 5.92 Å². The first-order valence-electron chi connectivity index (χ1n) is 5.65. The van der Waals surface area contributed by atoms with E-state index in [4.69, 9.17) is 5.73 Å². The summed E-state index contributed by atoms with van der Waals surface area (Å²) in [5.74, 6) is -2.79. The molecule has 0 aliphatic heterocycles. The van der Waals surface area contributed by atoms with E-state index in [1.807, 2.05) is 6.92 Å². The van der Waals surface area contributed by atoms with Crippen LogP contribution >= 0.6 is 0 Å². The molecule has 96 valence electrons. The van der Waals surface area contributed by atoms with E-state index >= 15 is 0 Å². The first-order valence-corrected chi connectivity index (χ1v) is 5.65. The summed E-state index contributed by atoms with van der Waals surface area (Å²) in [5, 5.41) is 7.28. The lowest BCUT2D eigenvalue weighted by molar-refractivity contribution is -0.0265. The van der Waals surface area contributed by atoms with Gasteiger partial charge in [0.05, 0.1) is 5.69 Å². The van der Waals surface area contributed by atoms with Crippen LogP contribution in [0.5, 0.6) is 0 Å². The zero-order chi connectivity index (χ0) is 13.2. The summed E-state index contributed by atoms with van der Waals surface area (Å²) in [5.41, 5.74) is 6.06. The minimum absolute atomic E-state index is 0.0406. The second kappa shape index (κ2) is 4.72. The molecule has 0 atom stereocenters. The number of aromatic nitrogens is 3. The molecule has 1 heterocycles. The summed E-state index contributed by atoms with van der Waals surface area (Å²) in [6.07, 6.45) is 0.518. The van der Waals surface area contributed by atoms with Crippen LogP contribution < -0.4 is 5.73 Å². The Hall–Kier alpha value is -1.98. The Labute approximate surface area is 103 Å². The van der Waals surface area contributed by atoms with E-state index in [0.717, 1.165) is 0 Å². The average Bonchev–Trinajstić information content (AvgIpc) is 2.70. The van der Waals surface area contributed by atoms with E-state index < -0.39 is 12.5 Å². The van der Waals surface area contributed by atoms with Crippen molar-refractivity contribution in [1.82, 2.24) is 15.0 Å². The fourth-order valence-corrected chi connectivity index (χ4v) is 1.80. The van der Waals surface area contributed by atoms with E-state index in [2.05, 4.69) is 10.3 Å². The quantitative estimate of drug-likeness (QED) is 0.907. The van der Waals surface area contributed by atoms with Crippen molar-refractivity contribution in [3.63, 3.8) is 0 Å². The Balaban J connectivity index is 2.27. The van der Waals surface area contributed by atoms with Crippen LogP contribution in [0.4, 0.5) is 14.6 Å². The van der Waals surface area contributed by atoms with E-state index in [0.29, 0.717) is 12.1 Å². The molecule has 2 rings (SSSR count). The smallest absolute Gasteiger partial charge is 0.292 e. The average molecular weight is 252 g/mol. The number of halogens is 2. The van der Waals surface area contributed by atoms with Crippen molar-refractivity contribution in [1.29, 1.82) is 0 Å². The maximum absolute atomic E-state index is 14.0. The number of nitrogens with two attached hydrogens (primary N) is 1. The lowest BCUT2D eigenvalue weighted by Crippen LogP contribution is -2.23. The second-order valence-electron chi connectivity index (χ2n) is 4.00. The van der Waals surface area contributed by atoms with Gasteiger partial charge in [-0.3, -0.25) is 0 Å². The summed E-state index contributed by atoms with van der Waals surface area (Å²) in [7, 11) is 0. The highest BCUT2D eigenvalue weighted by Crippen LogP contribution is 2.30. The third kappa shape index (κ3) is 2.32. The first kappa shape index (κ1) is 12.5. The maximum atomic E-state index is 14.0. The van der Waals surface area contributed by atoms with Crippen molar-refractivity contribution in [2.75, 3.05) is 5.73 Å². The monoisotopic (exact) mass is 252 g/mol. The fraction of sp³-hybridized carbons (Fsp3) is 0.333. The summed E-state index contributed by atoms with van der Waals surface area (Å²) >= 11 is 0. The summed E-state index contributed by atoms with van der Waals surface area (Å²) < 4.78 is 29.2. The van der Waals surface area contributed by atoms with Crippen molar-refractivity contribution in [3.8, 4) is 0 Å². The van der Waals surface area contributed by atoms with Crippen LogP contribution in [0.3, 0.4) is 0 Å². The molecule has 0 saturated heterocycles. The van der Waals surface area contributed by atoms with Crippen LogP contribution in [-0.4, -0.2) is 15.0 Å². The molecule has 1 aromatic carbocycles. The Bertz CT molecular complexity index is 522. The molecule has 0 spiro atoms. The molecule has 0 amide bonds. The Morgan fingerprint density at radius 2 is 1.94 bits per heavy atom. The number of nitrogens with zero attached hydrogens (tertiary/aromatic N) is 3. The predicted octanol–water partition coefficient (Wildman–Crippen LogP) is 2.21. The number of hydrogen-bond acceptors (Lipinski definition) is 3. The van der Waals surface area contributed by atoms with Gasteiger partial charge in [0, 0.05) is 5.56 Å². The summed E-state index contributed by atoms with van der Waals surface area (Å²) in [6, 6.07) is 7.65. The molecule has 0 aliphatic carbocycles. The van der Waals surface area contributed by atoms with Crippen molar-refractivity contribution in [2.45, 2.75) is 25.8 Å². The Morgan fingerprint density at radius 3 is 2.56 bits per heavy atom. The van der Waals surface area contributed by atoms with E-state index in [-0.39, 0.29) is 11.4 Å². The zero-order valence-corrected chi connectivity index (χ0v) is 9.98. The predicted molar refractivity (Wildman–Crippen MR) is 64.1 cm³/mol. The van der Waals surface area contributed by atoms with Gasteiger partial charge >= 0.3 is 0 Å². The van der Waals surface area contributed by atoms with Gasteiger partial charge in [0.2, 0.25) is 0 Å². The molecule has 0 fully saturated rings. The molecule has 1 aromatic heterocycles. The minimum Gasteiger partial charge on any atom is -0.381 e. The normalized spacial score (nSPS) is 11.7. The zero-order valence-electron chi connectivity index (χ0n) is 9.98. The Morgan fingerprint density at radius 1 is 1.28 bits per heavy atom. The molecular formula is C12H14F2N4. The number of benzene rings is 1. The number of nitrogen functional groups attached to an aromatic ring is 1. The van der Waals surface area contributed by atoms with Crippen molar-refractivity contribution >= 4 is 5.82 Å². The van der Waals surface area contributed by atoms with Gasteiger partial charge in [-0.1, -0.05) is 42.5 Å². The lowest BCUT2D eigenvalue weighted by Gasteiger charge is -2.17. The number of hydrogen-bond donors (Lipinski definition) is 1. The molecule has 0 aliphatic rings. The third-order valence-corrected chi connectivity index (χ3v) is 2.75. The largest absolute Gasteiger partial charge is 0.381 e. The molecule has 0 radical (unpaired) electrons. The topological polar surface area (TPSA) is 56.7 Å². The van der Waals surface area contributed by atoms with Crippen molar-refractivity contribution in [3.05, 3.63) is 41.6 Å². The van der Waals surface area contributed by atoms with Crippen LogP contribution in [0.1, 0.15) is 18.2 Å². The summed E-state index contributed by atoms with van der Waals surface area (Å²) in [6.45, 7) is 1.27. The fourth-order valence-electron chi connectivity index (χ4n) is 1.80. The molecule has 4 nitrogen and oxygen atoms in total. The number of anilines is 1. The molecule has 6 heteroatoms. The van der Waals surface area contributed by atoms with Crippen molar-refractivity contribution < 1.29 is 8.78 Å². The van der Waals surface area contributed by atoms with Crippen LogP contribution in [0.2, 0.25) is 0 Å². The molecule has 2 N–H and O–H groups in total. The molecule has 0 unspecified atom stereocenters. The van der Waals surface area contributed by atoms with E-state index in [1.54, 1.807) is 18.2 Å². The standard InChI is InChI=1S/C12H14F2N4/c1-2-10-11(15)16-17-18(10)8-12(13,14)9-6-4-3-5-7-9/h3-7H,2,8,15H2,1H3. The van der Waals surface area contributed by atoms with Gasteiger partial charge in [0.1, 0.15) is 6.54 Å². The van der Waals surface area contributed by atoms with Crippen LogP contribution in [0, 0.1) is 0 Å². The Kier molecular flexibility index (Phi) is 3.27. The number of alkyl halides is 2. The van der Waals surface area contributed by atoms with Gasteiger partial charge in [-0.05, 0) is 6.42 Å². The van der Waals surface area contributed by atoms with Gasteiger partial charge in [-0.2, -0.15) is 8.78 Å².